The van der Waals surface area contributed by atoms with Gasteiger partial charge in [-0.1, -0.05) is 71.7 Å². The van der Waals surface area contributed by atoms with E-state index in [0.717, 1.165) is 31.1 Å². The van der Waals surface area contributed by atoms with Crippen LogP contribution in [-0.4, -0.2) is 29.1 Å². The van der Waals surface area contributed by atoms with Gasteiger partial charge in [0.2, 0.25) is 0 Å². The van der Waals surface area contributed by atoms with Crippen molar-refractivity contribution in [2.24, 2.45) is 22.7 Å². The van der Waals surface area contributed by atoms with E-state index >= 15 is 0 Å². The summed E-state index contributed by atoms with van der Waals surface area (Å²) in [5, 5.41) is 10.4. The molecule has 0 aliphatic heterocycles. The lowest BCUT2D eigenvalue weighted by Gasteiger charge is -2.50. The van der Waals surface area contributed by atoms with E-state index in [-0.39, 0.29) is 17.9 Å². The molecule has 2 saturated carbocycles. The third-order valence-electron chi connectivity index (χ3n) is 9.75. The molecule has 0 saturated heterocycles. The molecule has 4 rings (SSSR count). The zero-order valence-electron chi connectivity index (χ0n) is 23.5. The van der Waals surface area contributed by atoms with E-state index in [0.29, 0.717) is 11.2 Å². The van der Waals surface area contributed by atoms with Gasteiger partial charge in [-0.15, -0.1) is 0 Å². The molecular weight excluding hydrogens is 477 g/mol. The molecule has 1 aromatic carbocycles. The van der Waals surface area contributed by atoms with Gasteiger partial charge in [0.05, 0.1) is 6.10 Å². The molecule has 3 aliphatic carbocycles. The second-order valence-corrected chi connectivity index (χ2v) is 12.8. The number of benzene rings is 1. The molecule has 0 aromatic heterocycles. The number of fused-ring (bicyclic) bond motifs is 5. The Hall–Kier alpha value is -0.680. The first-order chi connectivity index (χ1) is 16.8. The summed E-state index contributed by atoms with van der Waals surface area (Å²) in [6.07, 6.45) is 7.72. The minimum atomic E-state index is -3.16. The molecule has 1 aromatic rings. The van der Waals surface area contributed by atoms with Crippen LogP contribution in [0.1, 0.15) is 116 Å². The molecule has 0 spiro atoms. The van der Waals surface area contributed by atoms with Gasteiger partial charge >= 0.3 is 0 Å². The van der Waals surface area contributed by atoms with Crippen LogP contribution in [0.3, 0.4) is 0 Å². The predicted octanol–water partition coefficient (Wildman–Crippen LogP) is 9.43. The number of thiol groups is 1. The number of aliphatic hydroxyl groups is 1. The number of alkyl halides is 3. The summed E-state index contributed by atoms with van der Waals surface area (Å²) in [6, 6.07) is 9.08. The van der Waals surface area contributed by atoms with Gasteiger partial charge < -0.3 is 5.11 Å². The third-order valence-corrected chi connectivity index (χ3v) is 10.1. The van der Waals surface area contributed by atoms with Crippen LogP contribution in [-0.2, 0) is 6.42 Å². The Morgan fingerprint density at radius 1 is 1.08 bits per heavy atom. The van der Waals surface area contributed by atoms with Crippen LogP contribution in [0.15, 0.2) is 24.3 Å². The highest BCUT2D eigenvalue weighted by Gasteiger charge is 2.54. The van der Waals surface area contributed by atoms with E-state index in [9.17, 15) is 18.3 Å². The lowest BCUT2D eigenvalue weighted by molar-refractivity contribution is -0.0712. The number of aliphatic hydroxyl groups excluding tert-OH is 1. The average molecular weight is 529 g/mol. The van der Waals surface area contributed by atoms with Gasteiger partial charge in [-0.05, 0) is 97.3 Å². The van der Waals surface area contributed by atoms with Crippen molar-refractivity contribution in [1.82, 2.24) is 0 Å². The van der Waals surface area contributed by atoms with Crippen molar-refractivity contribution < 1.29 is 18.3 Å². The molecule has 0 bridgehead atoms. The third kappa shape index (κ3) is 7.68. The van der Waals surface area contributed by atoms with Crippen molar-refractivity contribution in [2.75, 3.05) is 5.75 Å². The Kier molecular flexibility index (Phi) is 11.7. The fourth-order valence-electron chi connectivity index (χ4n) is 6.26. The zero-order chi connectivity index (χ0) is 27.1. The fraction of sp³-hybridized carbons (Fsp3) is 0.806. The normalized spacial score (nSPS) is 30.0. The molecular formula is C31H51F3OS. The maximum atomic E-state index is 12.3. The highest BCUT2D eigenvalue weighted by molar-refractivity contribution is 7.80. The second-order valence-electron chi connectivity index (χ2n) is 12.3. The number of rotatable bonds is 6. The molecule has 208 valence electrons. The molecule has 5 heteroatoms. The van der Waals surface area contributed by atoms with Crippen molar-refractivity contribution in [1.29, 1.82) is 0 Å². The van der Waals surface area contributed by atoms with Gasteiger partial charge in [-0.2, -0.15) is 12.6 Å². The molecule has 1 nitrogen and oxygen atoms in total. The molecule has 0 heterocycles. The zero-order valence-corrected chi connectivity index (χ0v) is 24.4. The highest BCUT2D eigenvalue weighted by Crippen LogP contribution is 2.60. The maximum absolute atomic E-state index is 12.3. The molecule has 6 atom stereocenters. The number of aryl methyl sites for hydroxylation is 1. The van der Waals surface area contributed by atoms with Crippen LogP contribution < -0.4 is 0 Å². The number of hydrogen-bond acceptors (Lipinski definition) is 2. The Morgan fingerprint density at radius 3 is 2.28 bits per heavy atom. The van der Waals surface area contributed by atoms with Crippen molar-refractivity contribution in [3.05, 3.63) is 35.4 Å². The summed E-state index contributed by atoms with van der Waals surface area (Å²) >= 11 is 3.75. The van der Waals surface area contributed by atoms with Crippen LogP contribution in [0.25, 0.3) is 0 Å². The van der Waals surface area contributed by atoms with Crippen LogP contribution in [0.5, 0.6) is 0 Å². The maximum Gasteiger partial charge on any atom is 0.278 e. The molecule has 36 heavy (non-hydrogen) atoms. The summed E-state index contributed by atoms with van der Waals surface area (Å²) in [4.78, 5) is 0. The van der Waals surface area contributed by atoms with E-state index in [1.807, 2.05) is 0 Å². The first-order valence-electron chi connectivity index (χ1n) is 14.2. The summed E-state index contributed by atoms with van der Waals surface area (Å²) in [7, 11) is 0. The quantitative estimate of drug-likeness (QED) is 0.352. The standard InChI is InChI=1S/C18H24O.C7H16.C6H11F3S/c1-18-11-10-14-13-5-3-2-4-12(13)6-7-15(14)16(18)8-9-17(18)19;1-5-7(3,4)6-2;1-5(7)6(8,9)3-2-4-10/h2-5,14-17,19H,6-11H2,1H3;5-6H2,1-4H3;5,10H,2-4H2,1H3. The molecule has 1 N–H and O–H groups in total. The predicted molar refractivity (Wildman–Crippen MR) is 150 cm³/mol. The molecule has 2 fully saturated rings. The van der Waals surface area contributed by atoms with Gasteiger partial charge in [0.15, 0.2) is 6.17 Å². The highest BCUT2D eigenvalue weighted by atomic mass is 32.1. The van der Waals surface area contributed by atoms with E-state index in [1.165, 1.54) is 44.9 Å². The smallest absolute Gasteiger partial charge is 0.278 e. The lowest BCUT2D eigenvalue weighted by Crippen LogP contribution is -2.43. The minimum Gasteiger partial charge on any atom is -0.393 e. The van der Waals surface area contributed by atoms with Crippen LogP contribution in [0.4, 0.5) is 13.2 Å². The van der Waals surface area contributed by atoms with Crippen molar-refractivity contribution in [3.8, 4) is 0 Å². The van der Waals surface area contributed by atoms with Crippen molar-refractivity contribution in [2.45, 2.75) is 130 Å². The number of halogens is 3. The van der Waals surface area contributed by atoms with Crippen LogP contribution >= 0.6 is 12.6 Å². The van der Waals surface area contributed by atoms with Gasteiger partial charge in [-0.3, -0.25) is 0 Å². The minimum absolute atomic E-state index is 0.0457. The van der Waals surface area contributed by atoms with Gasteiger partial charge in [0.1, 0.15) is 0 Å². The monoisotopic (exact) mass is 528 g/mol. The Balaban J connectivity index is 0.000000228. The van der Waals surface area contributed by atoms with E-state index in [2.05, 4.69) is 71.5 Å². The molecule has 0 radical (unpaired) electrons. The topological polar surface area (TPSA) is 20.2 Å². The largest absolute Gasteiger partial charge is 0.393 e. The first-order valence-corrected chi connectivity index (χ1v) is 14.8. The summed E-state index contributed by atoms with van der Waals surface area (Å²) in [5.74, 6) is -0.431. The van der Waals surface area contributed by atoms with Gasteiger partial charge in [0.25, 0.3) is 5.92 Å². The second kappa shape index (κ2) is 13.4. The van der Waals surface area contributed by atoms with Crippen molar-refractivity contribution >= 4 is 12.6 Å². The molecule has 0 amide bonds. The Morgan fingerprint density at radius 2 is 1.72 bits per heavy atom. The average Bonchev–Trinajstić information content (AvgIpc) is 3.17. The summed E-state index contributed by atoms with van der Waals surface area (Å²) in [6.45, 7) is 12.3. The Bertz CT molecular complexity index is 790. The van der Waals surface area contributed by atoms with Crippen LogP contribution in [0.2, 0.25) is 0 Å². The fourth-order valence-corrected chi connectivity index (χ4v) is 6.42. The summed E-state index contributed by atoms with van der Waals surface area (Å²) < 4.78 is 36.7. The molecule has 3 aliphatic rings. The van der Waals surface area contributed by atoms with E-state index in [4.69, 9.17) is 0 Å². The Labute approximate surface area is 224 Å². The SMILES string of the molecule is CC(F)C(F)(F)CCCS.CC12CCC3c4ccccc4CCC3C1CCC2O.CCC(C)(C)CC. The van der Waals surface area contributed by atoms with E-state index in [1.54, 1.807) is 11.1 Å². The van der Waals surface area contributed by atoms with Gasteiger partial charge in [-0.25, -0.2) is 13.2 Å². The van der Waals surface area contributed by atoms with Crippen LogP contribution in [0, 0.1) is 22.7 Å². The van der Waals surface area contributed by atoms with E-state index < -0.39 is 18.5 Å². The summed E-state index contributed by atoms with van der Waals surface area (Å²) in [5.41, 5.74) is 4.01. The number of hydrogen-bond donors (Lipinski definition) is 2. The van der Waals surface area contributed by atoms with Crippen molar-refractivity contribution in [3.63, 3.8) is 0 Å². The molecule has 6 unspecified atom stereocenters. The first kappa shape index (κ1) is 31.5. The lowest BCUT2D eigenvalue weighted by atomic mass is 9.55. The van der Waals surface area contributed by atoms with Gasteiger partial charge in [0, 0.05) is 6.42 Å².